The van der Waals surface area contributed by atoms with Gasteiger partial charge in [0.25, 0.3) is 0 Å². The third-order valence-corrected chi connectivity index (χ3v) is 7.03. The summed E-state index contributed by atoms with van der Waals surface area (Å²) in [5, 5.41) is 3.98. The highest BCUT2D eigenvalue weighted by molar-refractivity contribution is 6.10. The van der Waals surface area contributed by atoms with Gasteiger partial charge >= 0.3 is 5.97 Å². The summed E-state index contributed by atoms with van der Waals surface area (Å²) in [7, 11) is 1.65. The predicted octanol–water partition coefficient (Wildman–Crippen LogP) is 7.66. The van der Waals surface area contributed by atoms with Gasteiger partial charge in [0.15, 0.2) is 5.78 Å². The fourth-order valence-corrected chi connectivity index (χ4v) is 4.97. The van der Waals surface area contributed by atoms with Gasteiger partial charge in [0.2, 0.25) is 0 Å². The van der Waals surface area contributed by atoms with E-state index in [4.69, 9.17) is 18.9 Å². The molecule has 0 heterocycles. The van der Waals surface area contributed by atoms with Crippen molar-refractivity contribution in [2.45, 2.75) is 19.3 Å². The molecule has 5 aromatic rings. The maximum Gasteiger partial charge on any atom is 0.311 e. The van der Waals surface area contributed by atoms with Gasteiger partial charge in [0, 0.05) is 43.2 Å². The van der Waals surface area contributed by atoms with Crippen LogP contribution in [0.15, 0.2) is 103 Å². The molecule has 0 saturated heterocycles. The summed E-state index contributed by atoms with van der Waals surface area (Å²) < 4.78 is 23.0. The highest BCUT2D eigenvalue weighted by Crippen LogP contribution is 2.45. The molecular formula is C36H34O6. The van der Waals surface area contributed by atoms with Crippen molar-refractivity contribution in [3.8, 4) is 22.6 Å². The van der Waals surface area contributed by atoms with Crippen LogP contribution in [-0.2, 0) is 14.3 Å². The first-order chi connectivity index (χ1) is 20.7. The Kier molecular flexibility index (Phi) is 9.94. The summed E-state index contributed by atoms with van der Waals surface area (Å²) in [5.74, 6) is 0.558. The number of carbonyl (C=O) groups excluding carboxylic acids is 2. The van der Waals surface area contributed by atoms with Crippen LogP contribution in [0.2, 0.25) is 0 Å². The molecule has 0 unspecified atom stereocenters. The van der Waals surface area contributed by atoms with Crippen LogP contribution in [0.4, 0.5) is 0 Å². The molecule has 42 heavy (non-hydrogen) atoms. The highest BCUT2D eigenvalue weighted by Gasteiger charge is 2.21. The van der Waals surface area contributed by atoms with Crippen molar-refractivity contribution >= 4 is 33.3 Å². The molecular weight excluding hydrogens is 528 g/mol. The lowest BCUT2D eigenvalue weighted by Crippen LogP contribution is -2.12. The van der Waals surface area contributed by atoms with E-state index in [0.717, 1.165) is 32.7 Å². The Morgan fingerprint density at radius 1 is 0.595 bits per heavy atom. The van der Waals surface area contributed by atoms with Gasteiger partial charge in [-0.1, -0.05) is 91.0 Å². The number of rotatable bonds is 14. The molecule has 0 aromatic heterocycles. The summed E-state index contributed by atoms with van der Waals surface area (Å²) in [6, 6.07) is 32.9. The minimum absolute atomic E-state index is 0.0258. The van der Waals surface area contributed by atoms with E-state index >= 15 is 0 Å². The number of hydrogen-bond donors (Lipinski definition) is 0. The Labute approximate surface area is 245 Å². The third kappa shape index (κ3) is 7.03. The van der Waals surface area contributed by atoms with Crippen molar-refractivity contribution in [2.24, 2.45) is 0 Å². The number of ketones is 1. The zero-order valence-corrected chi connectivity index (χ0v) is 23.7. The molecule has 214 valence electrons. The smallest absolute Gasteiger partial charge is 0.311 e. The van der Waals surface area contributed by atoms with E-state index in [2.05, 4.69) is 12.1 Å². The Bertz CT molecular complexity index is 1660. The maximum absolute atomic E-state index is 13.1. The largest absolute Gasteiger partial charge is 0.493 e. The number of esters is 1. The van der Waals surface area contributed by atoms with E-state index in [9.17, 15) is 9.59 Å². The van der Waals surface area contributed by atoms with E-state index in [-0.39, 0.29) is 18.6 Å². The SMILES string of the molecule is COCCOCCCOc1ccc2ccccc2c1-c1c(OC(=O)CCC(=O)c2ccccc2)ccc2ccccc12. The van der Waals surface area contributed by atoms with Gasteiger partial charge in [0.1, 0.15) is 11.5 Å². The number of hydrogen-bond acceptors (Lipinski definition) is 6. The number of methoxy groups -OCH3 is 1. The van der Waals surface area contributed by atoms with E-state index in [1.165, 1.54) is 0 Å². The van der Waals surface area contributed by atoms with Gasteiger partial charge in [0.05, 0.1) is 26.2 Å². The van der Waals surface area contributed by atoms with Gasteiger partial charge in [-0.05, 0) is 33.7 Å². The summed E-state index contributed by atoms with van der Waals surface area (Å²) in [6.07, 6.45) is 0.756. The molecule has 0 aliphatic rings. The van der Waals surface area contributed by atoms with Gasteiger partial charge in [-0.15, -0.1) is 0 Å². The Balaban J connectivity index is 1.47. The lowest BCUT2D eigenvalue weighted by molar-refractivity contribution is -0.134. The maximum atomic E-state index is 13.1. The molecule has 0 spiro atoms. The first-order valence-electron chi connectivity index (χ1n) is 14.2. The first kappa shape index (κ1) is 29.0. The molecule has 0 fully saturated rings. The molecule has 0 aliphatic carbocycles. The van der Waals surface area contributed by atoms with Crippen molar-refractivity contribution < 1.29 is 28.5 Å². The van der Waals surface area contributed by atoms with Gasteiger partial charge in [-0.2, -0.15) is 0 Å². The molecule has 0 aliphatic heterocycles. The lowest BCUT2D eigenvalue weighted by atomic mass is 9.92. The summed E-state index contributed by atoms with van der Waals surface area (Å²) in [4.78, 5) is 25.7. The Hall–Kier alpha value is -4.52. The number of benzene rings is 5. The zero-order chi connectivity index (χ0) is 29.1. The number of ether oxygens (including phenoxy) is 4. The van der Waals surface area contributed by atoms with Crippen LogP contribution in [0.3, 0.4) is 0 Å². The van der Waals surface area contributed by atoms with Crippen LogP contribution in [0.25, 0.3) is 32.7 Å². The summed E-state index contributed by atoms with van der Waals surface area (Å²) in [6.45, 7) is 2.11. The normalized spacial score (nSPS) is 11.1. The molecule has 5 aromatic carbocycles. The number of Topliss-reactive ketones (excluding diaryl/α,β-unsaturated/α-hetero) is 1. The van der Waals surface area contributed by atoms with Gasteiger partial charge < -0.3 is 18.9 Å². The molecule has 0 radical (unpaired) electrons. The Morgan fingerprint density at radius 2 is 1.21 bits per heavy atom. The lowest BCUT2D eigenvalue weighted by Gasteiger charge is -2.19. The van der Waals surface area contributed by atoms with Crippen LogP contribution < -0.4 is 9.47 Å². The summed E-state index contributed by atoms with van der Waals surface area (Å²) in [5.41, 5.74) is 2.21. The standard InChI is InChI=1S/C36H34O6/c1-39-24-25-40-22-9-23-41-32-19-16-26-10-5-7-14-29(26)35(32)36-30-15-8-6-11-27(30)17-20-33(36)42-34(38)21-18-31(37)28-12-3-2-4-13-28/h2-8,10-17,19-20H,9,18,21-25H2,1H3. The zero-order valence-electron chi connectivity index (χ0n) is 23.7. The Morgan fingerprint density at radius 3 is 1.90 bits per heavy atom. The summed E-state index contributed by atoms with van der Waals surface area (Å²) >= 11 is 0. The second-order valence-corrected chi connectivity index (χ2v) is 9.89. The second kappa shape index (κ2) is 14.4. The van der Waals surface area contributed by atoms with Crippen LogP contribution in [0.5, 0.6) is 11.5 Å². The number of carbonyl (C=O) groups is 2. The van der Waals surface area contributed by atoms with E-state index in [0.29, 0.717) is 49.9 Å². The molecule has 6 heteroatoms. The molecule has 0 N–H and O–H groups in total. The van der Waals surface area contributed by atoms with Crippen LogP contribution in [-0.4, -0.2) is 45.3 Å². The van der Waals surface area contributed by atoms with Gasteiger partial charge in [-0.3, -0.25) is 9.59 Å². The average Bonchev–Trinajstić information content (AvgIpc) is 3.03. The van der Waals surface area contributed by atoms with Crippen molar-refractivity contribution in [2.75, 3.05) is 33.5 Å². The molecule has 0 bridgehead atoms. The topological polar surface area (TPSA) is 71.1 Å². The van der Waals surface area contributed by atoms with Gasteiger partial charge in [-0.25, -0.2) is 0 Å². The van der Waals surface area contributed by atoms with E-state index in [1.807, 2.05) is 78.9 Å². The fraction of sp³-hybridized carbons (Fsp3) is 0.222. The average molecular weight is 563 g/mol. The molecule has 0 amide bonds. The monoisotopic (exact) mass is 562 g/mol. The van der Waals surface area contributed by atoms with Crippen molar-refractivity contribution in [1.82, 2.24) is 0 Å². The number of fused-ring (bicyclic) bond motifs is 2. The molecule has 6 nitrogen and oxygen atoms in total. The van der Waals surface area contributed by atoms with Crippen LogP contribution in [0.1, 0.15) is 29.6 Å². The predicted molar refractivity (Wildman–Crippen MR) is 165 cm³/mol. The first-order valence-corrected chi connectivity index (χ1v) is 14.2. The van der Waals surface area contributed by atoms with Crippen molar-refractivity contribution in [3.05, 3.63) is 109 Å². The quantitative estimate of drug-likeness (QED) is 0.0599. The van der Waals surface area contributed by atoms with E-state index in [1.54, 1.807) is 19.2 Å². The minimum atomic E-state index is -0.466. The molecule has 5 rings (SSSR count). The second-order valence-electron chi connectivity index (χ2n) is 9.89. The van der Waals surface area contributed by atoms with Crippen LogP contribution in [0, 0.1) is 0 Å². The van der Waals surface area contributed by atoms with Crippen molar-refractivity contribution in [3.63, 3.8) is 0 Å². The third-order valence-electron chi connectivity index (χ3n) is 7.03. The van der Waals surface area contributed by atoms with Crippen LogP contribution >= 0.6 is 0 Å². The molecule has 0 atom stereocenters. The van der Waals surface area contributed by atoms with E-state index < -0.39 is 5.97 Å². The minimum Gasteiger partial charge on any atom is -0.493 e. The fourth-order valence-electron chi connectivity index (χ4n) is 4.97. The van der Waals surface area contributed by atoms with Crippen molar-refractivity contribution in [1.29, 1.82) is 0 Å². The highest BCUT2D eigenvalue weighted by atomic mass is 16.5. The molecule has 0 saturated carbocycles.